The maximum Gasteiger partial charge on any atom is 0.223 e. The summed E-state index contributed by atoms with van der Waals surface area (Å²) in [5, 5.41) is 7.12. The quantitative estimate of drug-likeness (QED) is 0.319. The Bertz CT molecular complexity index is 954. The van der Waals surface area contributed by atoms with Crippen molar-refractivity contribution in [2.24, 2.45) is 11.8 Å². The Morgan fingerprint density at radius 1 is 1.12 bits per heavy atom. The number of anilines is 1. The monoisotopic (exact) mass is 573 g/mol. The maximum atomic E-state index is 13.0. The molecular formula is C33H55N3O5. The topological polar surface area (TPSA) is 81.3 Å². The van der Waals surface area contributed by atoms with E-state index in [4.69, 9.17) is 18.9 Å². The van der Waals surface area contributed by atoms with E-state index in [1.54, 1.807) is 14.2 Å². The molecule has 8 heteroatoms. The van der Waals surface area contributed by atoms with E-state index in [0.29, 0.717) is 24.7 Å². The van der Waals surface area contributed by atoms with Gasteiger partial charge in [0.05, 0.1) is 31.0 Å². The third-order valence-corrected chi connectivity index (χ3v) is 9.10. The fourth-order valence-corrected chi connectivity index (χ4v) is 6.57. The number of fused-ring (bicyclic) bond motifs is 1. The number of hydrogen-bond acceptors (Lipinski definition) is 7. The Balaban J connectivity index is 1.23. The van der Waals surface area contributed by atoms with Crippen LogP contribution in [0.3, 0.4) is 0 Å². The van der Waals surface area contributed by atoms with Gasteiger partial charge in [0.25, 0.3) is 0 Å². The van der Waals surface area contributed by atoms with E-state index < -0.39 is 0 Å². The molecule has 41 heavy (non-hydrogen) atoms. The normalized spacial score (nSPS) is 26.8. The zero-order valence-electron chi connectivity index (χ0n) is 26.4. The van der Waals surface area contributed by atoms with Gasteiger partial charge in [0.15, 0.2) is 0 Å². The largest absolute Gasteiger partial charge is 0.484 e. The van der Waals surface area contributed by atoms with E-state index >= 15 is 0 Å². The second-order valence-corrected chi connectivity index (χ2v) is 13.4. The summed E-state index contributed by atoms with van der Waals surface area (Å²) in [7, 11) is 3.53. The number of benzene rings is 1. The highest BCUT2D eigenvalue weighted by molar-refractivity contribution is 5.79. The molecule has 8 nitrogen and oxygen atoms in total. The van der Waals surface area contributed by atoms with Gasteiger partial charge in [0, 0.05) is 51.9 Å². The lowest BCUT2D eigenvalue weighted by atomic mass is 9.85. The Kier molecular flexibility index (Phi) is 11.8. The van der Waals surface area contributed by atoms with E-state index in [2.05, 4.69) is 61.4 Å². The van der Waals surface area contributed by atoms with Crippen LogP contribution in [0, 0.1) is 11.8 Å². The standard InChI is InChI=1S/C33H55N3O5/c1-23(2)29(35-32(37)25-9-12-27(39-6)13-10-25)19-26-11-14-28(20-34-26)40-21-24-8-15-31-30(18-24)36(16-7-17-38-5)22-33(3,4)41-31/h8,15,18,23,25-29,34H,7,9-14,16-17,19-22H2,1-6H3,(H,35,37)/t25?,26-,27?,28+,29+/m0/s1. The SMILES string of the molecule is COCCCN1CC(C)(C)Oc2ccc(CO[C@@H]3CC[C@@H](C[C@@H](NC(=O)C4CCC(OC)CC4)C(C)C)NC3)cc21. The number of nitrogens with one attached hydrogen (secondary N) is 2. The van der Waals surface area contributed by atoms with Crippen LogP contribution in [0.1, 0.15) is 84.6 Å². The van der Waals surface area contributed by atoms with Crippen molar-refractivity contribution in [3.05, 3.63) is 23.8 Å². The molecule has 2 aliphatic heterocycles. The van der Waals surface area contributed by atoms with Crippen LogP contribution < -0.4 is 20.3 Å². The molecule has 0 aromatic heterocycles. The number of ether oxygens (including phenoxy) is 4. The molecular weight excluding hydrogens is 518 g/mol. The van der Waals surface area contributed by atoms with Crippen LogP contribution >= 0.6 is 0 Å². The number of carbonyl (C=O) groups is 1. The first-order valence-corrected chi connectivity index (χ1v) is 15.9. The van der Waals surface area contributed by atoms with Crippen molar-refractivity contribution in [1.29, 1.82) is 0 Å². The molecule has 3 atom stereocenters. The molecule has 0 radical (unpaired) electrons. The van der Waals surface area contributed by atoms with Crippen molar-refractivity contribution in [1.82, 2.24) is 10.6 Å². The number of nitrogens with zero attached hydrogens (tertiary/aromatic N) is 1. The first-order valence-electron chi connectivity index (χ1n) is 15.9. The molecule has 3 aliphatic rings. The molecule has 1 aromatic rings. The smallest absolute Gasteiger partial charge is 0.223 e. The lowest BCUT2D eigenvalue weighted by Gasteiger charge is -2.41. The third-order valence-electron chi connectivity index (χ3n) is 9.10. The molecule has 1 saturated carbocycles. The number of carbonyl (C=O) groups excluding carboxylic acids is 1. The minimum absolute atomic E-state index is 0.124. The van der Waals surface area contributed by atoms with Crippen molar-refractivity contribution < 1.29 is 23.7 Å². The van der Waals surface area contributed by atoms with Gasteiger partial charge in [-0.05, 0) is 88.8 Å². The van der Waals surface area contributed by atoms with Crippen LogP contribution in [0.5, 0.6) is 5.75 Å². The van der Waals surface area contributed by atoms with E-state index in [9.17, 15) is 4.79 Å². The molecule has 0 unspecified atom stereocenters. The third kappa shape index (κ3) is 9.31. The van der Waals surface area contributed by atoms with Crippen molar-refractivity contribution in [2.45, 2.75) is 116 Å². The van der Waals surface area contributed by atoms with Gasteiger partial charge in [-0.1, -0.05) is 19.9 Å². The molecule has 1 aromatic carbocycles. The first-order chi connectivity index (χ1) is 19.7. The second kappa shape index (κ2) is 15.0. The van der Waals surface area contributed by atoms with E-state index in [1.807, 2.05) is 0 Å². The number of piperidine rings is 1. The van der Waals surface area contributed by atoms with E-state index in [0.717, 1.165) is 89.0 Å². The van der Waals surface area contributed by atoms with Crippen LogP contribution in [0.4, 0.5) is 5.69 Å². The van der Waals surface area contributed by atoms with Crippen LogP contribution in [-0.4, -0.2) is 76.3 Å². The molecule has 0 spiro atoms. The molecule has 4 rings (SSSR count). The number of methoxy groups -OCH3 is 2. The summed E-state index contributed by atoms with van der Waals surface area (Å²) in [6, 6.07) is 7.04. The first kappa shape index (κ1) is 32.1. The lowest BCUT2D eigenvalue weighted by Crippen LogP contribution is -2.49. The van der Waals surface area contributed by atoms with Crippen LogP contribution in [0.15, 0.2) is 18.2 Å². The fourth-order valence-electron chi connectivity index (χ4n) is 6.57. The molecule has 1 aliphatic carbocycles. The van der Waals surface area contributed by atoms with Gasteiger partial charge in [0.2, 0.25) is 5.91 Å². The van der Waals surface area contributed by atoms with Gasteiger partial charge in [0.1, 0.15) is 11.4 Å². The highest BCUT2D eigenvalue weighted by Gasteiger charge is 2.33. The summed E-state index contributed by atoms with van der Waals surface area (Å²) in [4.78, 5) is 15.4. The van der Waals surface area contributed by atoms with E-state index in [1.165, 1.54) is 5.56 Å². The number of rotatable bonds is 13. The van der Waals surface area contributed by atoms with Gasteiger partial charge >= 0.3 is 0 Å². The summed E-state index contributed by atoms with van der Waals surface area (Å²) in [5.41, 5.74) is 2.11. The summed E-state index contributed by atoms with van der Waals surface area (Å²) in [6.07, 6.45) is 8.36. The number of amides is 1. The molecule has 2 N–H and O–H groups in total. The maximum absolute atomic E-state index is 13.0. The van der Waals surface area contributed by atoms with Crippen molar-refractivity contribution in [2.75, 3.05) is 45.4 Å². The van der Waals surface area contributed by atoms with Gasteiger partial charge in [-0.2, -0.15) is 0 Å². The summed E-state index contributed by atoms with van der Waals surface area (Å²) < 4.78 is 23.4. The second-order valence-electron chi connectivity index (χ2n) is 13.4. The van der Waals surface area contributed by atoms with E-state index in [-0.39, 0.29) is 29.6 Å². The van der Waals surface area contributed by atoms with Gasteiger partial charge in [-0.15, -0.1) is 0 Å². The lowest BCUT2D eigenvalue weighted by molar-refractivity contribution is -0.128. The van der Waals surface area contributed by atoms with Crippen molar-refractivity contribution in [3.63, 3.8) is 0 Å². The summed E-state index contributed by atoms with van der Waals surface area (Å²) >= 11 is 0. The molecule has 232 valence electrons. The van der Waals surface area contributed by atoms with Crippen LogP contribution in [-0.2, 0) is 25.6 Å². The van der Waals surface area contributed by atoms with Gasteiger partial charge < -0.3 is 34.5 Å². The Hall–Kier alpha value is -1.87. The minimum atomic E-state index is -0.219. The molecule has 2 heterocycles. The Labute approximate surface area is 248 Å². The van der Waals surface area contributed by atoms with Crippen molar-refractivity contribution >= 4 is 11.6 Å². The predicted octanol–water partition coefficient (Wildman–Crippen LogP) is 5.07. The highest BCUT2D eigenvalue weighted by Crippen LogP contribution is 2.38. The zero-order chi connectivity index (χ0) is 29.4. The Morgan fingerprint density at radius 2 is 1.88 bits per heavy atom. The highest BCUT2D eigenvalue weighted by atomic mass is 16.5. The van der Waals surface area contributed by atoms with Crippen molar-refractivity contribution in [3.8, 4) is 5.75 Å². The molecule has 1 saturated heterocycles. The van der Waals surface area contributed by atoms with Gasteiger partial charge in [-0.25, -0.2) is 0 Å². The summed E-state index contributed by atoms with van der Waals surface area (Å²) in [6.45, 7) is 12.7. The fraction of sp³-hybridized carbons (Fsp3) is 0.788. The Morgan fingerprint density at radius 3 is 2.54 bits per heavy atom. The zero-order valence-corrected chi connectivity index (χ0v) is 26.4. The minimum Gasteiger partial charge on any atom is -0.484 e. The average Bonchev–Trinajstić information content (AvgIpc) is 2.96. The molecule has 1 amide bonds. The van der Waals surface area contributed by atoms with Gasteiger partial charge in [-0.3, -0.25) is 4.79 Å². The van der Waals surface area contributed by atoms with Crippen LogP contribution in [0.25, 0.3) is 0 Å². The predicted molar refractivity (Wildman–Crippen MR) is 164 cm³/mol. The molecule has 0 bridgehead atoms. The van der Waals surface area contributed by atoms with Crippen LogP contribution in [0.2, 0.25) is 0 Å². The molecule has 2 fully saturated rings. The average molecular weight is 574 g/mol. The summed E-state index contributed by atoms with van der Waals surface area (Å²) in [5.74, 6) is 1.70. The number of hydrogen-bond donors (Lipinski definition) is 2.